The Morgan fingerprint density at radius 1 is 1.25 bits per heavy atom. The summed E-state index contributed by atoms with van der Waals surface area (Å²) in [5.41, 5.74) is 4.05. The highest BCUT2D eigenvalue weighted by Crippen LogP contribution is 2.04. The molecule has 0 aromatic carbocycles. The number of nitrogens with zero attached hydrogens (tertiary/aromatic N) is 3. The molecular formula is C8H14N4. The van der Waals surface area contributed by atoms with Gasteiger partial charge in [-0.3, -0.25) is 0 Å². The van der Waals surface area contributed by atoms with Crippen molar-refractivity contribution >= 4 is 5.82 Å². The summed E-state index contributed by atoms with van der Waals surface area (Å²) >= 11 is 0. The number of aryl methyl sites for hydroxylation is 2. The van der Waals surface area contributed by atoms with Gasteiger partial charge in [-0.05, 0) is 13.8 Å². The van der Waals surface area contributed by atoms with E-state index in [4.69, 9.17) is 0 Å². The van der Waals surface area contributed by atoms with Crippen molar-refractivity contribution in [1.82, 2.24) is 15.0 Å². The van der Waals surface area contributed by atoms with Gasteiger partial charge in [0.25, 0.3) is 0 Å². The minimum atomic E-state index is 0.791. The topological polar surface area (TPSA) is 41.0 Å². The first-order valence-electron chi connectivity index (χ1n) is 3.84. The predicted molar refractivity (Wildman–Crippen MR) is 48.8 cm³/mol. The lowest BCUT2D eigenvalue weighted by atomic mass is 10.4. The molecule has 1 rings (SSSR count). The van der Waals surface area contributed by atoms with Crippen molar-refractivity contribution < 1.29 is 0 Å². The summed E-state index contributed by atoms with van der Waals surface area (Å²) in [7, 11) is 3.85. The number of anilines is 1. The SMILES string of the molecule is Cc1cc(NN(C)C)nc(C)n1. The lowest BCUT2D eigenvalue weighted by Crippen LogP contribution is -2.20. The molecule has 66 valence electrons. The molecule has 0 aliphatic rings. The van der Waals surface area contributed by atoms with E-state index >= 15 is 0 Å². The third kappa shape index (κ3) is 2.47. The Balaban J connectivity index is 2.85. The molecule has 1 heterocycles. The molecule has 1 N–H and O–H groups in total. The summed E-state index contributed by atoms with van der Waals surface area (Å²) in [6.45, 7) is 3.84. The number of hydrazine groups is 1. The van der Waals surface area contributed by atoms with Crippen LogP contribution in [0.4, 0.5) is 5.82 Å². The molecule has 0 unspecified atom stereocenters. The van der Waals surface area contributed by atoms with Gasteiger partial charge in [-0.25, -0.2) is 15.0 Å². The molecule has 0 amide bonds. The van der Waals surface area contributed by atoms with Gasteiger partial charge >= 0.3 is 0 Å². The second kappa shape index (κ2) is 3.49. The highest BCUT2D eigenvalue weighted by molar-refractivity contribution is 5.34. The van der Waals surface area contributed by atoms with E-state index < -0.39 is 0 Å². The maximum absolute atomic E-state index is 4.21. The number of rotatable bonds is 2. The molecule has 0 saturated carbocycles. The quantitative estimate of drug-likeness (QED) is 0.665. The van der Waals surface area contributed by atoms with Crippen LogP contribution < -0.4 is 5.43 Å². The molecule has 0 aliphatic carbocycles. The van der Waals surface area contributed by atoms with Crippen LogP contribution in [-0.2, 0) is 0 Å². The Morgan fingerprint density at radius 3 is 2.42 bits per heavy atom. The Kier molecular flexibility index (Phi) is 2.60. The minimum Gasteiger partial charge on any atom is -0.304 e. The van der Waals surface area contributed by atoms with Crippen LogP contribution in [0.15, 0.2) is 6.07 Å². The van der Waals surface area contributed by atoms with Gasteiger partial charge in [-0.15, -0.1) is 0 Å². The smallest absolute Gasteiger partial charge is 0.144 e. The van der Waals surface area contributed by atoms with Crippen molar-refractivity contribution in [1.29, 1.82) is 0 Å². The van der Waals surface area contributed by atoms with Gasteiger partial charge in [0.2, 0.25) is 0 Å². The van der Waals surface area contributed by atoms with Crippen molar-refractivity contribution in [2.24, 2.45) is 0 Å². The Labute approximate surface area is 72.6 Å². The van der Waals surface area contributed by atoms with Crippen LogP contribution in [0.5, 0.6) is 0 Å². The van der Waals surface area contributed by atoms with Crippen molar-refractivity contribution in [2.45, 2.75) is 13.8 Å². The lowest BCUT2D eigenvalue weighted by molar-refractivity contribution is 0.491. The van der Waals surface area contributed by atoms with E-state index in [1.807, 2.05) is 39.0 Å². The first kappa shape index (κ1) is 8.93. The first-order chi connectivity index (χ1) is 5.58. The van der Waals surface area contributed by atoms with E-state index in [0.717, 1.165) is 17.3 Å². The summed E-state index contributed by atoms with van der Waals surface area (Å²) in [6.07, 6.45) is 0. The van der Waals surface area contributed by atoms with E-state index in [0.29, 0.717) is 0 Å². The lowest BCUT2D eigenvalue weighted by Gasteiger charge is -2.12. The number of nitrogens with one attached hydrogen (secondary N) is 1. The molecule has 1 aromatic heterocycles. The molecule has 0 radical (unpaired) electrons. The molecule has 0 saturated heterocycles. The van der Waals surface area contributed by atoms with Crippen molar-refractivity contribution in [2.75, 3.05) is 19.5 Å². The van der Waals surface area contributed by atoms with Crippen molar-refractivity contribution in [3.8, 4) is 0 Å². The standard InChI is InChI=1S/C8H14N4/c1-6-5-8(11-12(3)4)10-7(2)9-6/h5H,1-4H3,(H,9,10,11). The van der Waals surface area contributed by atoms with Crippen molar-refractivity contribution in [3.63, 3.8) is 0 Å². The molecular weight excluding hydrogens is 152 g/mol. The molecule has 12 heavy (non-hydrogen) atoms. The fraction of sp³-hybridized carbons (Fsp3) is 0.500. The van der Waals surface area contributed by atoms with Gasteiger partial charge in [-0.2, -0.15) is 0 Å². The molecule has 1 aromatic rings. The number of hydrogen-bond acceptors (Lipinski definition) is 4. The van der Waals surface area contributed by atoms with E-state index in [1.54, 1.807) is 0 Å². The maximum atomic E-state index is 4.21. The zero-order valence-electron chi connectivity index (χ0n) is 7.92. The summed E-state index contributed by atoms with van der Waals surface area (Å²) in [5, 5.41) is 1.85. The number of aromatic nitrogens is 2. The predicted octanol–water partition coefficient (Wildman–Crippen LogP) is 0.982. The first-order valence-corrected chi connectivity index (χ1v) is 3.84. The van der Waals surface area contributed by atoms with Crippen LogP contribution >= 0.6 is 0 Å². The highest BCUT2D eigenvalue weighted by atomic mass is 15.5. The van der Waals surface area contributed by atoms with Gasteiger partial charge in [0.1, 0.15) is 11.6 Å². The maximum Gasteiger partial charge on any atom is 0.144 e. The Bertz CT molecular complexity index is 250. The normalized spacial score (nSPS) is 10.4. The molecule has 0 bridgehead atoms. The van der Waals surface area contributed by atoms with Gasteiger partial charge in [-0.1, -0.05) is 0 Å². The van der Waals surface area contributed by atoms with Crippen LogP contribution in [0.1, 0.15) is 11.5 Å². The average molecular weight is 166 g/mol. The van der Waals surface area contributed by atoms with Crippen LogP contribution in [-0.4, -0.2) is 29.1 Å². The van der Waals surface area contributed by atoms with Crippen LogP contribution in [0.25, 0.3) is 0 Å². The van der Waals surface area contributed by atoms with Gasteiger partial charge in [0.05, 0.1) is 0 Å². The molecule has 0 fully saturated rings. The summed E-state index contributed by atoms with van der Waals surface area (Å²) < 4.78 is 0. The largest absolute Gasteiger partial charge is 0.304 e. The average Bonchev–Trinajstić information content (AvgIpc) is 1.81. The molecule has 0 spiro atoms. The fourth-order valence-electron chi connectivity index (χ4n) is 1.00. The molecule has 4 heteroatoms. The zero-order chi connectivity index (χ0) is 9.14. The van der Waals surface area contributed by atoms with E-state index in [1.165, 1.54) is 0 Å². The van der Waals surface area contributed by atoms with E-state index in [2.05, 4.69) is 15.4 Å². The fourth-order valence-corrected chi connectivity index (χ4v) is 1.00. The van der Waals surface area contributed by atoms with Crippen LogP contribution in [0.2, 0.25) is 0 Å². The van der Waals surface area contributed by atoms with Crippen LogP contribution in [0.3, 0.4) is 0 Å². The van der Waals surface area contributed by atoms with Gasteiger partial charge in [0, 0.05) is 25.9 Å². The second-order valence-electron chi connectivity index (χ2n) is 2.95. The summed E-state index contributed by atoms with van der Waals surface area (Å²) in [5.74, 6) is 1.63. The van der Waals surface area contributed by atoms with Gasteiger partial charge in [0.15, 0.2) is 0 Å². The minimum absolute atomic E-state index is 0.791. The number of hydrogen-bond donors (Lipinski definition) is 1. The molecule has 0 atom stereocenters. The van der Waals surface area contributed by atoms with Crippen molar-refractivity contribution in [3.05, 3.63) is 17.6 Å². The third-order valence-corrected chi connectivity index (χ3v) is 1.30. The Hall–Kier alpha value is -1.16. The molecule has 0 aliphatic heterocycles. The zero-order valence-corrected chi connectivity index (χ0v) is 7.92. The molecule has 4 nitrogen and oxygen atoms in total. The van der Waals surface area contributed by atoms with Gasteiger partial charge < -0.3 is 5.43 Å². The Morgan fingerprint density at radius 2 is 1.92 bits per heavy atom. The summed E-state index contributed by atoms with van der Waals surface area (Å²) in [6, 6.07) is 1.91. The monoisotopic (exact) mass is 166 g/mol. The second-order valence-corrected chi connectivity index (χ2v) is 2.95. The van der Waals surface area contributed by atoms with E-state index in [-0.39, 0.29) is 0 Å². The highest BCUT2D eigenvalue weighted by Gasteiger charge is 1.97. The third-order valence-electron chi connectivity index (χ3n) is 1.30. The summed E-state index contributed by atoms with van der Waals surface area (Å²) in [4.78, 5) is 8.38. The van der Waals surface area contributed by atoms with Crippen LogP contribution in [0, 0.1) is 13.8 Å². The van der Waals surface area contributed by atoms with E-state index in [9.17, 15) is 0 Å².